The second kappa shape index (κ2) is 7.02. The van der Waals surface area contributed by atoms with Crippen molar-refractivity contribution in [1.82, 2.24) is 0 Å². The van der Waals surface area contributed by atoms with Gasteiger partial charge in [0.2, 0.25) is 0 Å². The normalized spacial score (nSPS) is 8.83. The third-order valence-corrected chi connectivity index (χ3v) is 9.43. The Bertz CT molecular complexity index is 207. The van der Waals surface area contributed by atoms with Crippen LogP contribution in [0.25, 0.3) is 0 Å². The first kappa shape index (κ1) is 12.6. The molecule has 0 fully saturated rings. The van der Waals surface area contributed by atoms with Gasteiger partial charge in [-0.15, -0.1) is 12.4 Å². The van der Waals surface area contributed by atoms with Gasteiger partial charge in [0.05, 0.1) is 0 Å². The van der Waals surface area contributed by atoms with Gasteiger partial charge in [0, 0.05) is 0 Å². The fourth-order valence-electron chi connectivity index (χ4n) is 0.974. The molecule has 65 valence electrons. The minimum Gasteiger partial charge on any atom is -0.147 e. The average Bonchev–Trinajstić information content (AvgIpc) is 2.06. The van der Waals surface area contributed by atoms with Gasteiger partial charge in [-0.05, 0) is 0 Å². The fourth-order valence-corrected chi connectivity index (χ4v) is 5.43. The van der Waals surface area contributed by atoms with Gasteiger partial charge in [-0.3, -0.25) is 0 Å². The van der Waals surface area contributed by atoms with Gasteiger partial charge in [-0.2, -0.15) is 0 Å². The van der Waals surface area contributed by atoms with Crippen LogP contribution in [0.15, 0.2) is 30.3 Å². The van der Waals surface area contributed by atoms with Crippen LogP contribution in [0.4, 0.5) is 0 Å². The standard InChI is InChI=1S/C7H7.CH3O.BrH.ClH.Zn/c1-7-5-3-2-4-6-7;1-2;;;/h2-6H,1H2;1H3;2*1H;/q;-1;;;+2/p-1. The molecule has 0 saturated heterocycles. The second-order valence-electron chi connectivity index (χ2n) is 2.53. The van der Waals surface area contributed by atoms with E-state index in [0.29, 0.717) is 0 Å². The second-order valence-corrected chi connectivity index (χ2v) is 13.4. The van der Waals surface area contributed by atoms with Gasteiger partial charge in [0.25, 0.3) is 0 Å². The molecule has 12 heavy (non-hydrogen) atoms. The van der Waals surface area contributed by atoms with E-state index in [9.17, 15) is 0 Å². The first-order valence-corrected chi connectivity index (χ1v) is 14.0. The Hall–Kier alpha value is 0.573. The zero-order valence-electron chi connectivity index (χ0n) is 7.00. The maximum atomic E-state index is 5.28. The SMILES string of the molecule is C[O][Zn]([Br])[CH2]c1ccccc1.Cl. The Morgan fingerprint density at radius 3 is 2.42 bits per heavy atom. The molecule has 1 aromatic carbocycles. The van der Waals surface area contributed by atoms with E-state index in [1.165, 1.54) is 5.56 Å². The minimum absolute atomic E-state index is 0. The molecule has 0 saturated carbocycles. The maximum Gasteiger partial charge on any atom is -0.147 e. The number of hydrogen-bond donors (Lipinski definition) is 0. The summed E-state index contributed by atoms with van der Waals surface area (Å²) in [6.07, 6.45) is 0. The Morgan fingerprint density at radius 1 is 1.33 bits per heavy atom. The number of halogens is 2. The summed E-state index contributed by atoms with van der Waals surface area (Å²) in [6, 6.07) is 10.5. The fraction of sp³-hybridized carbons (Fsp3) is 0.250. The molecule has 0 aliphatic carbocycles. The van der Waals surface area contributed by atoms with Crippen molar-refractivity contribution in [3.05, 3.63) is 35.9 Å². The molecule has 0 aliphatic rings. The van der Waals surface area contributed by atoms with Crippen molar-refractivity contribution in [1.29, 1.82) is 0 Å². The van der Waals surface area contributed by atoms with E-state index < -0.39 is 14.4 Å². The van der Waals surface area contributed by atoms with Crippen LogP contribution in [-0.2, 0) is 22.9 Å². The van der Waals surface area contributed by atoms with Crippen LogP contribution in [0.5, 0.6) is 0 Å². The van der Waals surface area contributed by atoms with Crippen LogP contribution in [0.1, 0.15) is 5.56 Å². The first-order valence-electron chi connectivity index (χ1n) is 3.73. The number of benzene rings is 1. The molecule has 0 heterocycles. The van der Waals surface area contributed by atoms with Crippen LogP contribution in [0.2, 0.25) is 0 Å². The van der Waals surface area contributed by atoms with Crippen LogP contribution in [0, 0.1) is 0 Å². The molecule has 4 heteroatoms. The van der Waals surface area contributed by atoms with Crippen molar-refractivity contribution in [2.45, 2.75) is 5.02 Å². The van der Waals surface area contributed by atoms with E-state index in [1.54, 1.807) is 7.11 Å². The minimum atomic E-state index is -1.71. The van der Waals surface area contributed by atoms with Gasteiger partial charge in [0.15, 0.2) is 0 Å². The molecular weight excluding hydrogens is 293 g/mol. The summed E-state index contributed by atoms with van der Waals surface area (Å²) in [6.45, 7) is 0. The maximum absolute atomic E-state index is 5.28. The number of hydrogen-bond acceptors (Lipinski definition) is 1. The molecule has 1 aromatic rings. The van der Waals surface area contributed by atoms with Gasteiger partial charge in [0.1, 0.15) is 0 Å². The molecular formula is C8H11BrClOZn. The van der Waals surface area contributed by atoms with Crippen molar-refractivity contribution < 1.29 is 17.9 Å². The van der Waals surface area contributed by atoms with Crippen LogP contribution in [0.3, 0.4) is 0 Å². The van der Waals surface area contributed by atoms with Gasteiger partial charge in [-0.1, -0.05) is 0 Å². The molecule has 0 aromatic heterocycles. The Labute approximate surface area is 91.6 Å². The Morgan fingerprint density at radius 2 is 1.92 bits per heavy atom. The summed E-state index contributed by atoms with van der Waals surface area (Å²) >= 11 is 1.89. The van der Waals surface area contributed by atoms with E-state index >= 15 is 0 Å². The molecule has 0 bridgehead atoms. The van der Waals surface area contributed by atoms with Crippen molar-refractivity contribution >= 4 is 26.0 Å². The summed E-state index contributed by atoms with van der Waals surface area (Å²) in [5.74, 6) is 0. The van der Waals surface area contributed by atoms with Crippen LogP contribution < -0.4 is 0 Å². The molecule has 1 rings (SSSR count). The van der Waals surface area contributed by atoms with Gasteiger partial charge >= 0.3 is 79.6 Å². The van der Waals surface area contributed by atoms with Crippen LogP contribution in [-0.4, -0.2) is 7.11 Å². The van der Waals surface area contributed by atoms with E-state index in [4.69, 9.17) is 3.56 Å². The summed E-state index contributed by atoms with van der Waals surface area (Å²) < 4.78 is 5.28. The van der Waals surface area contributed by atoms with Gasteiger partial charge < -0.3 is 0 Å². The molecule has 0 radical (unpaired) electrons. The topological polar surface area (TPSA) is 9.23 Å². The first-order chi connectivity index (χ1) is 5.33. The third kappa shape index (κ3) is 4.56. The largest absolute Gasteiger partial charge is 0.147 e. The average molecular weight is 304 g/mol. The van der Waals surface area contributed by atoms with Crippen LogP contribution >= 0.6 is 26.0 Å². The van der Waals surface area contributed by atoms with E-state index in [2.05, 4.69) is 37.9 Å². The third-order valence-electron chi connectivity index (χ3n) is 1.64. The predicted molar refractivity (Wildman–Crippen MR) is 53.3 cm³/mol. The van der Waals surface area contributed by atoms with E-state index in [-0.39, 0.29) is 12.4 Å². The van der Waals surface area contributed by atoms with E-state index in [0.717, 1.165) is 5.02 Å². The molecule has 0 aliphatic heterocycles. The monoisotopic (exact) mass is 301 g/mol. The summed E-state index contributed by atoms with van der Waals surface area (Å²) in [5.41, 5.74) is 1.38. The summed E-state index contributed by atoms with van der Waals surface area (Å²) in [4.78, 5) is 0. The van der Waals surface area contributed by atoms with Crippen molar-refractivity contribution in [3.63, 3.8) is 0 Å². The quantitative estimate of drug-likeness (QED) is 0.780. The summed E-state index contributed by atoms with van der Waals surface area (Å²) in [7, 11) is 1.79. The molecule has 0 atom stereocenters. The van der Waals surface area contributed by atoms with Crippen molar-refractivity contribution in [2.24, 2.45) is 0 Å². The molecule has 0 unspecified atom stereocenters. The molecule has 0 spiro atoms. The zero-order valence-corrected chi connectivity index (χ0v) is 12.4. The van der Waals surface area contributed by atoms with E-state index in [1.807, 2.05) is 6.07 Å². The number of rotatable bonds is 3. The smallest absolute Gasteiger partial charge is 0.147 e. The zero-order chi connectivity index (χ0) is 8.10. The summed E-state index contributed by atoms with van der Waals surface area (Å²) in [5, 5.41) is 1.12. The molecule has 0 amide bonds. The molecule has 1 nitrogen and oxygen atoms in total. The van der Waals surface area contributed by atoms with Crippen molar-refractivity contribution in [2.75, 3.05) is 7.11 Å². The predicted octanol–water partition coefficient (Wildman–Crippen LogP) is 3.10. The van der Waals surface area contributed by atoms with Crippen molar-refractivity contribution in [3.8, 4) is 0 Å². The Balaban J connectivity index is 0.00000121. The van der Waals surface area contributed by atoms with Gasteiger partial charge in [-0.25, -0.2) is 0 Å². The molecule has 0 N–H and O–H groups in total. The Kier molecular flexibility index (Phi) is 7.36.